The van der Waals surface area contributed by atoms with Crippen LogP contribution in [0.5, 0.6) is 0 Å². The predicted molar refractivity (Wildman–Crippen MR) is 95.1 cm³/mol. The summed E-state index contributed by atoms with van der Waals surface area (Å²) in [5.74, 6) is -0.819. The van der Waals surface area contributed by atoms with Crippen molar-refractivity contribution in [3.63, 3.8) is 0 Å². The van der Waals surface area contributed by atoms with Gasteiger partial charge in [0.25, 0.3) is 0 Å². The van der Waals surface area contributed by atoms with E-state index in [4.69, 9.17) is 4.74 Å². The van der Waals surface area contributed by atoms with Crippen molar-refractivity contribution in [1.29, 1.82) is 0 Å². The number of carboxylic acids is 1. The molecule has 1 aliphatic rings. The number of rotatable bonds is 3. The van der Waals surface area contributed by atoms with Crippen LogP contribution in [0.3, 0.4) is 0 Å². The number of nitrogens with zero attached hydrogens (tertiary/aromatic N) is 1. The Kier molecular flexibility index (Phi) is 5.58. The first-order valence-electron chi connectivity index (χ1n) is 8.07. The molecular weight excluding hydrogens is 374 g/mol. The molecule has 0 spiro atoms. The van der Waals surface area contributed by atoms with Crippen LogP contribution in [0.15, 0.2) is 28.7 Å². The Labute approximate surface area is 151 Å². The number of carbonyl (C=O) groups is 2. The molecule has 0 atom stereocenters. The number of hydrogen-bond acceptors (Lipinski definition) is 3. The van der Waals surface area contributed by atoms with E-state index in [0.29, 0.717) is 25.9 Å². The molecular formula is C18H24BrNO4. The van der Waals surface area contributed by atoms with Crippen molar-refractivity contribution in [2.75, 3.05) is 13.1 Å². The summed E-state index contributed by atoms with van der Waals surface area (Å²) in [5.41, 5.74) is 0.0218. The van der Waals surface area contributed by atoms with Crippen molar-refractivity contribution < 1.29 is 19.4 Å². The van der Waals surface area contributed by atoms with Crippen molar-refractivity contribution in [3.05, 3.63) is 34.3 Å². The summed E-state index contributed by atoms with van der Waals surface area (Å²) in [5, 5.41) is 9.37. The van der Waals surface area contributed by atoms with Crippen molar-refractivity contribution in [1.82, 2.24) is 4.90 Å². The standard InChI is InChI=1S/C18H24BrNO4/c1-17(2,3)24-16(23)20-9-7-18(8-10-20,12-15(21)22)13-5-4-6-14(19)11-13/h4-6,11H,7-10,12H2,1-3H3,(H,21,22). The molecule has 132 valence electrons. The van der Waals surface area contributed by atoms with Gasteiger partial charge in [-0.05, 0) is 51.3 Å². The van der Waals surface area contributed by atoms with E-state index in [-0.39, 0.29) is 12.5 Å². The van der Waals surface area contributed by atoms with E-state index in [0.717, 1.165) is 10.0 Å². The van der Waals surface area contributed by atoms with Gasteiger partial charge in [-0.15, -0.1) is 0 Å². The predicted octanol–water partition coefficient (Wildman–Crippen LogP) is 4.19. The second-order valence-electron chi connectivity index (χ2n) is 7.33. The lowest BCUT2D eigenvalue weighted by Crippen LogP contribution is -2.47. The molecule has 1 fully saturated rings. The monoisotopic (exact) mass is 397 g/mol. The second-order valence-corrected chi connectivity index (χ2v) is 8.24. The molecule has 1 heterocycles. The number of aliphatic carboxylic acids is 1. The van der Waals surface area contributed by atoms with Crippen LogP contribution in [0.1, 0.15) is 45.6 Å². The highest BCUT2D eigenvalue weighted by atomic mass is 79.9. The number of likely N-dealkylation sites (tertiary alicyclic amines) is 1. The van der Waals surface area contributed by atoms with Crippen LogP contribution in [0.4, 0.5) is 4.79 Å². The number of piperidine rings is 1. The summed E-state index contributed by atoms with van der Waals surface area (Å²) >= 11 is 3.46. The van der Waals surface area contributed by atoms with Gasteiger partial charge >= 0.3 is 12.1 Å². The van der Waals surface area contributed by atoms with Gasteiger partial charge in [0.05, 0.1) is 6.42 Å². The smallest absolute Gasteiger partial charge is 0.410 e. The minimum Gasteiger partial charge on any atom is -0.481 e. The summed E-state index contributed by atoms with van der Waals surface area (Å²) < 4.78 is 6.34. The Bertz CT molecular complexity index is 616. The molecule has 1 saturated heterocycles. The lowest BCUT2D eigenvalue weighted by atomic mass is 9.70. The number of halogens is 1. The second kappa shape index (κ2) is 7.13. The van der Waals surface area contributed by atoms with Crippen LogP contribution in [-0.2, 0) is 14.9 Å². The molecule has 1 N–H and O–H groups in total. The average Bonchev–Trinajstić information content (AvgIpc) is 2.45. The fourth-order valence-corrected chi connectivity index (χ4v) is 3.52. The number of carboxylic acid groups (broad SMARTS) is 1. The number of hydrogen-bond donors (Lipinski definition) is 1. The fraction of sp³-hybridized carbons (Fsp3) is 0.556. The van der Waals surface area contributed by atoms with Crippen molar-refractivity contribution >= 4 is 28.0 Å². The maximum Gasteiger partial charge on any atom is 0.410 e. The Hall–Kier alpha value is -1.56. The molecule has 0 aromatic heterocycles. The molecule has 0 bridgehead atoms. The van der Waals surface area contributed by atoms with Crippen LogP contribution in [0.25, 0.3) is 0 Å². The highest BCUT2D eigenvalue weighted by Gasteiger charge is 2.40. The first kappa shape index (κ1) is 18.8. The van der Waals surface area contributed by atoms with Crippen molar-refractivity contribution in [3.8, 4) is 0 Å². The fourth-order valence-electron chi connectivity index (χ4n) is 3.12. The van der Waals surface area contributed by atoms with Gasteiger partial charge in [0.15, 0.2) is 0 Å². The van der Waals surface area contributed by atoms with Crippen LogP contribution in [0, 0.1) is 0 Å². The maximum absolute atomic E-state index is 12.2. The minimum absolute atomic E-state index is 0.0611. The number of carbonyl (C=O) groups excluding carboxylic acids is 1. The van der Waals surface area contributed by atoms with E-state index < -0.39 is 17.0 Å². The number of benzene rings is 1. The quantitative estimate of drug-likeness (QED) is 0.829. The first-order valence-corrected chi connectivity index (χ1v) is 8.86. The molecule has 0 radical (unpaired) electrons. The van der Waals surface area contributed by atoms with Gasteiger partial charge in [-0.1, -0.05) is 28.1 Å². The van der Waals surface area contributed by atoms with E-state index in [9.17, 15) is 14.7 Å². The van der Waals surface area contributed by atoms with Gasteiger partial charge in [-0.3, -0.25) is 4.79 Å². The van der Waals surface area contributed by atoms with Gasteiger partial charge < -0.3 is 14.7 Å². The van der Waals surface area contributed by atoms with E-state index in [2.05, 4.69) is 15.9 Å². The van der Waals surface area contributed by atoms with E-state index in [1.807, 2.05) is 45.0 Å². The lowest BCUT2D eigenvalue weighted by molar-refractivity contribution is -0.139. The third kappa shape index (κ3) is 4.72. The Morgan fingerprint density at radius 2 is 1.92 bits per heavy atom. The highest BCUT2D eigenvalue weighted by molar-refractivity contribution is 9.10. The summed E-state index contributed by atoms with van der Waals surface area (Å²) in [4.78, 5) is 25.3. The summed E-state index contributed by atoms with van der Waals surface area (Å²) in [6, 6.07) is 7.79. The number of amides is 1. The molecule has 1 amide bonds. The molecule has 1 aromatic carbocycles. The summed E-state index contributed by atoms with van der Waals surface area (Å²) in [6.07, 6.45) is 0.941. The molecule has 0 saturated carbocycles. The third-order valence-electron chi connectivity index (χ3n) is 4.30. The zero-order valence-electron chi connectivity index (χ0n) is 14.3. The summed E-state index contributed by atoms with van der Waals surface area (Å²) in [7, 11) is 0. The third-order valence-corrected chi connectivity index (χ3v) is 4.79. The molecule has 6 heteroatoms. The highest BCUT2D eigenvalue weighted by Crippen LogP contribution is 2.39. The first-order chi connectivity index (χ1) is 11.1. The molecule has 2 rings (SSSR count). The van der Waals surface area contributed by atoms with Gasteiger partial charge in [0.1, 0.15) is 5.60 Å². The molecule has 1 aliphatic heterocycles. The Balaban J connectivity index is 2.16. The zero-order chi connectivity index (χ0) is 18.0. The number of ether oxygens (including phenoxy) is 1. The average molecular weight is 398 g/mol. The summed E-state index contributed by atoms with van der Waals surface area (Å²) in [6.45, 7) is 6.50. The van der Waals surface area contributed by atoms with Crippen molar-refractivity contribution in [2.45, 2.75) is 51.0 Å². The van der Waals surface area contributed by atoms with Gasteiger partial charge in [-0.25, -0.2) is 4.79 Å². The van der Waals surface area contributed by atoms with Crippen LogP contribution in [-0.4, -0.2) is 40.8 Å². The normalized spacial score (nSPS) is 17.4. The van der Waals surface area contributed by atoms with Crippen LogP contribution in [0.2, 0.25) is 0 Å². The van der Waals surface area contributed by atoms with E-state index in [1.54, 1.807) is 4.90 Å². The zero-order valence-corrected chi connectivity index (χ0v) is 15.9. The Morgan fingerprint density at radius 1 is 1.29 bits per heavy atom. The van der Waals surface area contributed by atoms with Gasteiger partial charge in [-0.2, -0.15) is 0 Å². The molecule has 0 aliphatic carbocycles. The topological polar surface area (TPSA) is 66.8 Å². The lowest BCUT2D eigenvalue weighted by Gasteiger charge is -2.41. The van der Waals surface area contributed by atoms with Crippen LogP contribution >= 0.6 is 15.9 Å². The largest absolute Gasteiger partial charge is 0.481 e. The van der Waals surface area contributed by atoms with Crippen LogP contribution < -0.4 is 0 Å². The molecule has 5 nitrogen and oxygen atoms in total. The Morgan fingerprint density at radius 3 is 2.42 bits per heavy atom. The van der Waals surface area contributed by atoms with Gasteiger partial charge in [0, 0.05) is 23.0 Å². The van der Waals surface area contributed by atoms with E-state index in [1.165, 1.54) is 0 Å². The van der Waals surface area contributed by atoms with Crippen molar-refractivity contribution in [2.24, 2.45) is 0 Å². The molecule has 24 heavy (non-hydrogen) atoms. The minimum atomic E-state index is -0.819. The SMILES string of the molecule is CC(C)(C)OC(=O)N1CCC(CC(=O)O)(c2cccc(Br)c2)CC1. The molecule has 1 aromatic rings. The maximum atomic E-state index is 12.2. The van der Waals surface area contributed by atoms with Gasteiger partial charge in [0.2, 0.25) is 0 Å². The van der Waals surface area contributed by atoms with E-state index >= 15 is 0 Å². The molecule has 0 unspecified atom stereocenters.